The van der Waals surface area contributed by atoms with E-state index in [1.807, 2.05) is 11.8 Å². The maximum atomic E-state index is 12.0. The van der Waals surface area contributed by atoms with Crippen molar-refractivity contribution in [3.05, 3.63) is 18.2 Å². The number of rotatable bonds is 5. The Morgan fingerprint density at radius 2 is 2.14 bits per heavy atom. The molecule has 21 heavy (non-hydrogen) atoms. The first-order valence-electron chi connectivity index (χ1n) is 7.09. The maximum absolute atomic E-state index is 12.0. The predicted molar refractivity (Wildman–Crippen MR) is 90.3 cm³/mol. The van der Waals surface area contributed by atoms with Crippen molar-refractivity contribution >= 4 is 33.2 Å². The van der Waals surface area contributed by atoms with Crippen LogP contribution in [0.1, 0.15) is 19.3 Å². The van der Waals surface area contributed by atoms with E-state index in [4.69, 9.17) is 5.73 Å². The van der Waals surface area contributed by atoms with Crippen LogP contribution < -0.4 is 11.1 Å². The van der Waals surface area contributed by atoms with Crippen LogP contribution in [0.25, 0.3) is 0 Å². The molecule has 2 rings (SSSR count). The average molecular weight is 329 g/mol. The first kappa shape index (κ1) is 16.5. The van der Waals surface area contributed by atoms with Crippen LogP contribution in [0.15, 0.2) is 23.1 Å². The molecule has 1 saturated heterocycles. The molecule has 0 amide bonds. The number of benzene rings is 1. The van der Waals surface area contributed by atoms with E-state index in [-0.39, 0.29) is 4.90 Å². The van der Waals surface area contributed by atoms with E-state index in [9.17, 15) is 8.42 Å². The summed E-state index contributed by atoms with van der Waals surface area (Å²) in [4.78, 5) is 0.225. The smallest absolute Gasteiger partial charge is 0.242 e. The van der Waals surface area contributed by atoms with Gasteiger partial charge in [-0.1, -0.05) is 6.42 Å². The van der Waals surface area contributed by atoms with Crippen molar-refractivity contribution in [2.75, 3.05) is 37.4 Å². The lowest BCUT2D eigenvalue weighted by Gasteiger charge is -2.22. The molecule has 1 aromatic rings. The minimum atomic E-state index is -3.43. The second-order valence-electron chi connectivity index (χ2n) is 5.41. The first-order valence-corrected chi connectivity index (χ1v) is 9.57. The Morgan fingerprint density at radius 3 is 2.71 bits per heavy atom. The number of nitrogen functional groups attached to an aromatic ring is 1. The van der Waals surface area contributed by atoms with Gasteiger partial charge in [0.25, 0.3) is 0 Å². The molecule has 1 aliphatic heterocycles. The highest BCUT2D eigenvalue weighted by molar-refractivity contribution is 7.99. The Bertz CT molecular complexity index is 582. The van der Waals surface area contributed by atoms with Crippen LogP contribution in [-0.4, -0.2) is 44.4 Å². The lowest BCUT2D eigenvalue weighted by molar-refractivity contribution is 0.521. The van der Waals surface area contributed by atoms with E-state index in [2.05, 4.69) is 5.32 Å². The van der Waals surface area contributed by atoms with Gasteiger partial charge < -0.3 is 11.1 Å². The Morgan fingerprint density at radius 1 is 1.38 bits per heavy atom. The molecule has 1 atom stereocenters. The van der Waals surface area contributed by atoms with Gasteiger partial charge in [-0.3, -0.25) is 0 Å². The van der Waals surface area contributed by atoms with Gasteiger partial charge in [0, 0.05) is 25.9 Å². The van der Waals surface area contributed by atoms with Gasteiger partial charge in [0.1, 0.15) is 0 Å². The van der Waals surface area contributed by atoms with Gasteiger partial charge in [0.2, 0.25) is 10.0 Å². The number of anilines is 2. The molecule has 0 aromatic heterocycles. The topological polar surface area (TPSA) is 75.4 Å². The summed E-state index contributed by atoms with van der Waals surface area (Å²) in [5.74, 6) is 1.22. The molecule has 1 heterocycles. The lowest BCUT2D eigenvalue weighted by Crippen LogP contribution is -2.23. The SMILES string of the molecule is CN(C)S(=O)(=O)c1ccc(NCC2CCCCS2)c(N)c1. The predicted octanol–water partition coefficient (Wildman–Crippen LogP) is 2.22. The Balaban J connectivity index is 2.05. The maximum Gasteiger partial charge on any atom is 0.242 e. The number of hydrogen-bond donors (Lipinski definition) is 2. The molecule has 1 fully saturated rings. The standard InChI is InChI=1S/C14H23N3O2S2/c1-17(2)21(18,19)12-6-7-14(13(15)9-12)16-10-11-5-3-4-8-20-11/h6-7,9,11,16H,3-5,8,10,15H2,1-2H3. The van der Waals surface area contributed by atoms with Crippen LogP contribution >= 0.6 is 11.8 Å². The molecule has 0 spiro atoms. The first-order chi connectivity index (χ1) is 9.91. The summed E-state index contributed by atoms with van der Waals surface area (Å²) < 4.78 is 25.3. The zero-order valence-electron chi connectivity index (χ0n) is 12.5. The third-order valence-electron chi connectivity index (χ3n) is 3.60. The van der Waals surface area contributed by atoms with Crippen LogP contribution in [-0.2, 0) is 10.0 Å². The molecular formula is C14H23N3O2S2. The Kier molecular flexibility index (Phi) is 5.40. The van der Waals surface area contributed by atoms with Crippen LogP contribution in [0.2, 0.25) is 0 Å². The van der Waals surface area contributed by atoms with Crippen LogP contribution in [0, 0.1) is 0 Å². The fourth-order valence-corrected chi connectivity index (χ4v) is 4.44. The number of nitrogens with two attached hydrogens (primary N) is 1. The number of nitrogens with one attached hydrogen (secondary N) is 1. The molecule has 118 valence electrons. The third kappa shape index (κ3) is 4.05. The van der Waals surface area contributed by atoms with Gasteiger partial charge in [0.05, 0.1) is 16.3 Å². The molecule has 0 saturated carbocycles. The summed E-state index contributed by atoms with van der Waals surface area (Å²) in [6, 6.07) is 4.87. The summed E-state index contributed by atoms with van der Waals surface area (Å²) in [6.45, 7) is 0.870. The molecule has 0 bridgehead atoms. The number of hydrogen-bond acceptors (Lipinski definition) is 5. The van der Waals surface area contributed by atoms with Crippen molar-refractivity contribution in [1.82, 2.24) is 4.31 Å². The molecule has 5 nitrogen and oxygen atoms in total. The lowest BCUT2D eigenvalue weighted by atomic mass is 10.2. The number of thioether (sulfide) groups is 1. The summed E-state index contributed by atoms with van der Waals surface area (Å²) >= 11 is 1.99. The van der Waals surface area contributed by atoms with E-state index in [1.54, 1.807) is 12.1 Å². The van der Waals surface area contributed by atoms with E-state index >= 15 is 0 Å². The highest BCUT2D eigenvalue weighted by atomic mass is 32.2. The van der Waals surface area contributed by atoms with Crippen LogP contribution in [0.5, 0.6) is 0 Å². The minimum absolute atomic E-state index is 0.225. The van der Waals surface area contributed by atoms with Crippen molar-refractivity contribution in [2.45, 2.75) is 29.4 Å². The fourth-order valence-electron chi connectivity index (χ4n) is 2.27. The monoisotopic (exact) mass is 329 g/mol. The molecule has 1 aliphatic rings. The van der Waals surface area contributed by atoms with Crippen molar-refractivity contribution < 1.29 is 8.42 Å². The van der Waals surface area contributed by atoms with E-state index in [1.165, 1.54) is 49.5 Å². The van der Waals surface area contributed by atoms with E-state index in [0.29, 0.717) is 10.9 Å². The number of nitrogens with zero attached hydrogens (tertiary/aromatic N) is 1. The highest BCUT2D eigenvalue weighted by Gasteiger charge is 2.18. The molecule has 0 aliphatic carbocycles. The van der Waals surface area contributed by atoms with Gasteiger partial charge in [0.15, 0.2) is 0 Å². The van der Waals surface area contributed by atoms with Crippen LogP contribution in [0.4, 0.5) is 11.4 Å². The van der Waals surface area contributed by atoms with Crippen molar-refractivity contribution in [2.24, 2.45) is 0 Å². The second-order valence-corrected chi connectivity index (χ2v) is 8.97. The quantitative estimate of drug-likeness (QED) is 0.810. The van der Waals surface area contributed by atoms with Crippen molar-refractivity contribution in [3.8, 4) is 0 Å². The van der Waals surface area contributed by atoms with Gasteiger partial charge in [-0.15, -0.1) is 0 Å². The van der Waals surface area contributed by atoms with E-state index < -0.39 is 10.0 Å². The summed E-state index contributed by atoms with van der Waals surface area (Å²) in [7, 11) is -0.406. The van der Waals surface area contributed by atoms with Crippen molar-refractivity contribution in [3.63, 3.8) is 0 Å². The van der Waals surface area contributed by atoms with Gasteiger partial charge >= 0.3 is 0 Å². The zero-order chi connectivity index (χ0) is 15.5. The third-order valence-corrected chi connectivity index (χ3v) is 6.81. The van der Waals surface area contributed by atoms with E-state index in [0.717, 1.165) is 12.2 Å². The Labute approximate surface area is 131 Å². The highest BCUT2D eigenvalue weighted by Crippen LogP contribution is 2.27. The van der Waals surface area contributed by atoms with Gasteiger partial charge in [-0.05, 0) is 36.8 Å². The second kappa shape index (κ2) is 6.89. The molecule has 7 heteroatoms. The molecule has 1 unspecified atom stereocenters. The zero-order valence-corrected chi connectivity index (χ0v) is 14.1. The molecular weight excluding hydrogens is 306 g/mol. The molecule has 0 radical (unpaired) electrons. The van der Waals surface area contributed by atoms with Gasteiger partial charge in [-0.2, -0.15) is 11.8 Å². The fraction of sp³-hybridized carbons (Fsp3) is 0.571. The summed E-state index contributed by atoms with van der Waals surface area (Å²) in [5, 5.41) is 3.95. The van der Waals surface area contributed by atoms with Crippen LogP contribution in [0.3, 0.4) is 0 Å². The summed E-state index contributed by atoms with van der Waals surface area (Å²) in [5.41, 5.74) is 7.26. The minimum Gasteiger partial charge on any atom is -0.397 e. The Hall–Kier alpha value is -0.920. The summed E-state index contributed by atoms with van der Waals surface area (Å²) in [6.07, 6.45) is 3.82. The van der Waals surface area contributed by atoms with Crippen molar-refractivity contribution in [1.29, 1.82) is 0 Å². The van der Waals surface area contributed by atoms with Gasteiger partial charge in [-0.25, -0.2) is 12.7 Å². The average Bonchev–Trinajstić information content (AvgIpc) is 2.46. The largest absolute Gasteiger partial charge is 0.397 e. The normalized spacial score (nSPS) is 19.7. The molecule has 1 aromatic carbocycles. The number of sulfonamides is 1. The molecule has 3 N–H and O–H groups in total.